The molecule has 1 unspecified atom stereocenters. The number of halogens is 1. The minimum atomic E-state index is 0.377. The van der Waals surface area contributed by atoms with Gasteiger partial charge in [-0.1, -0.05) is 29.8 Å². The maximum absolute atomic E-state index is 6.02. The van der Waals surface area contributed by atoms with Crippen LogP contribution in [0, 0.1) is 0 Å². The van der Waals surface area contributed by atoms with E-state index in [0.29, 0.717) is 6.04 Å². The first-order chi connectivity index (χ1) is 10.2. The molecular weight excluding hydrogens is 282 g/mol. The molecule has 0 saturated heterocycles. The normalized spacial score (nSPS) is 12.7. The second kappa shape index (κ2) is 6.29. The van der Waals surface area contributed by atoms with E-state index in [4.69, 9.17) is 11.6 Å². The third-order valence-corrected chi connectivity index (χ3v) is 3.81. The molecule has 3 nitrogen and oxygen atoms in total. The van der Waals surface area contributed by atoms with Gasteiger partial charge in [0.25, 0.3) is 0 Å². The van der Waals surface area contributed by atoms with Crippen molar-refractivity contribution in [3.05, 3.63) is 71.0 Å². The fourth-order valence-electron chi connectivity index (χ4n) is 2.50. The van der Waals surface area contributed by atoms with E-state index >= 15 is 0 Å². The molecule has 2 heterocycles. The summed E-state index contributed by atoms with van der Waals surface area (Å²) in [5.74, 6) is 0. The van der Waals surface area contributed by atoms with Gasteiger partial charge in [0, 0.05) is 29.4 Å². The lowest BCUT2D eigenvalue weighted by Gasteiger charge is -2.13. The van der Waals surface area contributed by atoms with E-state index in [-0.39, 0.29) is 0 Å². The van der Waals surface area contributed by atoms with Gasteiger partial charge in [-0.3, -0.25) is 0 Å². The maximum Gasteiger partial charge on any atom is 0.0706 e. The Kier molecular flexibility index (Phi) is 4.23. The summed E-state index contributed by atoms with van der Waals surface area (Å²) in [4.78, 5) is 0. The molecule has 0 bridgehead atoms. The van der Waals surface area contributed by atoms with Crippen molar-refractivity contribution in [1.29, 1.82) is 0 Å². The van der Waals surface area contributed by atoms with E-state index in [2.05, 4.69) is 29.5 Å². The van der Waals surface area contributed by atoms with Crippen molar-refractivity contribution in [2.24, 2.45) is 0 Å². The molecular formula is C17H18ClN3. The van der Waals surface area contributed by atoms with Crippen LogP contribution in [0.25, 0.3) is 5.52 Å². The Labute approximate surface area is 129 Å². The van der Waals surface area contributed by atoms with Crippen LogP contribution in [0.1, 0.15) is 18.1 Å². The van der Waals surface area contributed by atoms with Crippen molar-refractivity contribution in [1.82, 2.24) is 14.9 Å². The number of pyridine rings is 1. The highest BCUT2D eigenvalue weighted by Gasteiger charge is 2.07. The number of nitrogens with one attached hydrogen (secondary N) is 1. The minimum Gasteiger partial charge on any atom is -0.310 e. The number of rotatable bonds is 5. The van der Waals surface area contributed by atoms with Crippen molar-refractivity contribution in [3.8, 4) is 0 Å². The Morgan fingerprint density at radius 1 is 1.24 bits per heavy atom. The van der Waals surface area contributed by atoms with Gasteiger partial charge in [0.05, 0.1) is 11.7 Å². The average molecular weight is 300 g/mol. The van der Waals surface area contributed by atoms with Gasteiger partial charge in [-0.2, -0.15) is 5.10 Å². The van der Waals surface area contributed by atoms with Crippen LogP contribution < -0.4 is 5.32 Å². The van der Waals surface area contributed by atoms with Crippen LogP contribution in [0.5, 0.6) is 0 Å². The van der Waals surface area contributed by atoms with Crippen molar-refractivity contribution in [2.45, 2.75) is 25.9 Å². The second-order valence-electron chi connectivity index (χ2n) is 5.32. The smallest absolute Gasteiger partial charge is 0.0706 e. The summed E-state index contributed by atoms with van der Waals surface area (Å²) in [7, 11) is 0. The maximum atomic E-state index is 6.02. The standard InChI is InChI=1S/C17H18ClN3/c1-13(9-14-5-4-6-16(18)10-14)19-11-15-12-20-21-8-3-2-7-17(15)21/h2-8,10,12-13,19H,9,11H2,1H3. The number of fused-ring (bicyclic) bond motifs is 1. The van der Waals surface area contributed by atoms with Crippen LogP contribution in [0.4, 0.5) is 0 Å². The molecule has 1 aromatic carbocycles. The van der Waals surface area contributed by atoms with E-state index in [0.717, 1.165) is 23.5 Å². The molecule has 2 aromatic heterocycles. The van der Waals surface area contributed by atoms with Crippen molar-refractivity contribution >= 4 is 17.1 Å². The number of hydrogen-bond acceptors (Lipinski definition) is 2. The molecule has 3 aromatic rings. The molecule has 108 valence electrons. The van der Waals surface area contributed by atoms with Crippen LogP contribution in [0.2, 0.25) is 5.02 Å². The van der Waals surface area contributed by atoms with Gasteiger partial charge in [-0.15, -0.1) is 0 Å². The first-order valence-electron chi connectivity index (χ1n) is 7.11. The summed E-state index contributed by atoms with van der Waals surface area (Å²) in [5.41, 5.74) is 3.62. The molecule has 0 saturated carbocycles. The zero-order valence-electron chi connectivity index (χ0n) is 12.0. The Morgan fingerprint density at radius 3 is 3.00 bits per heavy atom. The summed E-state index contributed by atoms with van der Waals surface area (Å²) in [6.07, 6.45) is 4.85. The average Bonchev–Trinajstić information content (AvgIpc) is 2.88. The molecule has 0 radical (unpaired) electrons. The first-order valence-corrected chi connectivity index (χ1v) is 7.49. The summed E-state index contributed by atoms with van der Waals surface area (Å²) >= 11 is 6.02. The quantitative estimate of drug-likeness (QED) is 0.778. The lowest BCUT2D eigenvalue weighted by atomic mass is 10.1. The Morgan fingerprint density at radius 2 is 2.14 bits per heavy atom. The molecule has 4 heteroatoms. The summed E-state index contributed by atoms with van der Waals surface area (Å²) in [6.45, 7) is 3.00. The van der Waals surface area contributed by atoms with Crippen LogP contribution in [0.15, 0.2) is 54.9 Å². The minimum absolute atomic E-state index is 0.377. The highest BCUT2D eigenvalue weighted by Crippen LogP contribution is 2.13. The van der Waals surface area contributed by atoms with E-state index < -0.39 is 0 Å². The zero-order chi connectivity index (χ0) is 14.7. The van der Waals surface area contributed by atoms with Crippen LogP contribution in [-0.4, -0.2) is 15.7 Å². The largest absolute Gasteiger partial charge is 0.310 e. The lowest BCUT2D eigenvalue weighted by molar-refractivity contribution is 0.547. The predicted octanol–water partition coefficient (Wildman–Crippen LogP) is 3.71. The van der Waals surface area contributed by atoms with Gasteiger partial charge in [-0.25, -0.2) is 4.52 Å². The summed E-state index contributed by atoms with van der Waals surface area (Å²) in [5, 5.41) is 8.69. The third kappa shape index (κ3) is 3.43. The molecule has 0 aliphatic carbocycles. The predicted molar refractivity (Wildman–Crippen MR) is 86.6 cm³/mol. The van der Waals surface area contributed by atoms with Gasteiger partial charge in [0.15, 0.2) is 0 Å². The summed E-state index contributed by atoms with van der Waals surface area (Å²) in [6, 6.07) is 14.5. The van der Waals surface area contributed by atoms with Gasteiger partial charge >= 0.3 is 0 Å². The third-order valence-electron chi connectivity index (χ3n) is 3.58. The highest BCUT2D eigenvalue weighted by molar-refractivity contribution is 6.30. The van der Waals surface area contributed by atoms with Crippen molar-refractivity contribution < 1.29 is 0 Å². The van der Waals surface area contributed by atoms with Crippen molar-refractivity contribution in [3.63, 3.8) is 0 Å². The molecule has 1 atom stereocenters. The Bertz CT molecular complexity index is 735. The van der Waals surface area contributed by atoms with Crippen LogP contribution in [0.3, 0.4) is 0 Å². The van der Waals surface area contributed by atoms with E-state index in [1.165, 1.54) is 11.1 Å². The fourth-order valence-corrected chi connectivity index (χ4v) is 2.71. The van der Waals surface area contributed by atoms with E-state index in [1.54, 1.807) is 0 Å². The molecule has 0 amide bonds. The lowest BCUT2D eigenvalue weighted by Crippen LogP contribution is -2.27. The van der Waals surface area contributed by atoms with Crippen LogP contribution in [-0.2, 0) is 13.0 Å². The zero-order valence-corrected chi connectivity index (χ0v) is 12.7. The van der Waals surface area contributed by atoms with Gasteiger partial charge in [-0.05, 0) is 43.2 Å². The molecule has 0 fully saturated rings. The monoisotopic (exact) mass is 299 g/mol. The summed E-state index contributed by atoms with van der Waals surface area (Å²) < 4.78 is 1.90. The SMILES string of the molecule is CC(Cc1cccc(Cl)c1)NCc1cnn2ccccc12. The van der Waals surface area contributed by atoms with Crippen LogP contribution >= 0.6 is 11.6 Å². The number of aromatic nitrogens is 2. The second-order valence-corrected chi connectivity index (χ2v) is 5.75. The first kappa shape index (κ1) is 14.1. The van der Waals surface area contributed by atoms with Gasteiger partial charge in [0.2, 0.25) is 0 Å². The molecule has 21 heavy (non-hydrogen) atoms. The molecule has 0 spiro atoms. The number of hydrogen-bond donors (Lipinski definition) is 1. The Balaban J connectivity index is 1.62. The number of benzene rings is 1. The Hall–Kier alpha value is -1.84. The molecule has 0 aliphatic heterocycles. The van der Waals surface area contributed by atoms with E-state index in [1.807, 2.05) is 47.2 Å². The van der Waals surface area contributed by atoms with Crippen molar-refractivity contribution in [2.75, 3.05) is 0 Å². The molecule has 3 rings (SSSR count). The van der Waals surface area contributed by atoms with E-state index in [9.17, 15) is 0 Å². The van der Waals surface area contributed by atoms with Gasteiger partial charge in [0.1, 0.15) is 0 Å². The number of nitrogens with zero attached hydrogens (tertiary/aromatic N) is 2. The topological polar surface area (TPSA) is 29.3 Å². The molecule has 1 N–H and O–H groups in total. The highest BCUT2D eigenvalue weighted by atomic mass is 35.5. The molecule has 0 aliphatic rings. The fraction of sp³-hybridized carbons (Fsp3) is 0.235. The van der Waals surface area contributed by atoms with Gasteiger partial charge < -0.3 is 5.32 Å².